The Hall–Kier alpha value is -2.47. The molecule has 1 aliphatic heterocycles. The number of nitrogens with zero attached hydrogens (tertiary/aromatic N) is 3. The van der Waals surface area contributed by atoms with Crippen molar-refractivity contribution in [3.05, 3.63) is 59.4 Å². The second-order valence-electron chi connectivity index (χ2n) is 7.52. The Morgan fingerprint density at radius 2 is 1.82 bits per heavy atom. The van der Waals surface area contributed by atoms with Gasteiger partial charge in [-0.15, -0.1) is 0 Å². The molecule has 0 aliphatic carbocycles. The third kappa shape index (κ3) is 3.87. The van der Waals surface area contributed by atoms with Gasteiger partial charge in [-0.2, -0.15) is 0 Å². The highest BCUT2D eigenvalue weighted by atomic mass is 32.1. The average Bonchev–Trinajstić information content (AvgIpc) is 3.14. The molecule has 4 nitrogen and oxygen atoms in total. The molecule has 0 atom stereocenters. The summed E-state index contributed by atoms with van der Waals surface area (Å²) >= 11 is 1.51. The molecule has 2 aromatic carbocycles. The lowest BCUT2D eigenvalue weighted by molar-refractivity contribution is -0.130. The van der Waals surface area contributed by atoms with Gasteiger partial charge in [0.25, 0.3) is 0 Å². The summed E-state index contributed by atoms with van der Waals surface area (Å²) in [6.45, 7) is 7.11. The molecule has 146 valence electrons. The van der Waals surface area contributed by atoms with Crippen molar-refractivity contribution in [2.45, 2.75) is 26.2 Å². The zero-order valence-electron chi connectivity index (χ0n) is 16.2. The van der Waals surface area contributed by atoms with Crippen molar-refractivity contribution in [1.82, 2.24) is 9.88 Å². The monoisotopic (exact) mass is 397 g/mol. The first kappa shape index (κ1) is 18.9. The van der Waals surface area contributed by atoms with Gasteiger partial charge in [0.2, 0.25) is 5.91 Å². The number of thiazole rings is 1. The molecule has 3 aromatic rings. The number of hydrogen-bond donors (Lipinski definition) is 0. The fourth-order valence-corrected chi connectivity index (χ4v) is 4.52. The number of halogens is 1. The Labute approximate surface area is 168 Å². The van der Waals surface area contributed by atoms with Crippen molar-refractivity contribution in [2.24, 2.45) is 0 Å². The van der Waals surface area contributed by atoms with Gasteiger partial charge in [-0.25, -0.2) is 9.37 Å². The van der Waals surface area contributed by atoms with Crippen LogP contribution in [0.15, 0.2) is 42.5 Å². The minimum atomic E-state index is -0.280. The minimum absolute atomic E-state index is 0.160. The molecule has 4 rings (SSSR count). The number of carbonyl (C=O) groups excluding carboxylic acids is 1. The molecule has 0 spiro atoms. The highest BCUT2D eigenvalue weighted by molar-refractivity contribution is 7.22. The van der Waals surface area contributed by atoms with Crippen LogP contribution in [0.25, 0.3) is 10.2 Å². The molecule has 1 saturated heterocycles. The lowest BCUT2D eigenvalue weighted by Crippen LogP contribution is -2.49. The molecule has 0 N–H and O–H groups in total. The van der Waals surface area contributed by atoms with E-state index in [-0.39, 0.29) is 11.7 Å². The summed E-state index contributed by atoms with van der Waals surface area (Å²) in [6.07, 6.45) is 0.435. The van der Waals surface area contributed by atoms with Crippen LogP contribution >= 0.6 is 11.3 Å². The van der Waals surface area contributed by atoms with E-state index in [2.05, 4.69) is 48.0 Å². The van der Waals surface area contributed by atoms with Crippen LogP contribution in [0.4, 0.5) is 9.52 Å². The fourth-order valence-electron chi connectivity index (χ4n) is 3.49. The molecule has 0 radical (unpaired) electrons. The van der Waals surface area contributed by atoms with E-state index >= 15 is 0 Å². The maximum Gasteiger partial charge on any atom is 0.227 e. The molecule has 1 aromatic heterocycles. The molecule has 1 aliphatic rings. The molecular weight excluding hydrogens is 373 g/mol. The second-order valence-corrected chi connectivity index (χ2v) is 8.53. The standard InChI is InChI=1S/C22H24FN3OS/c1-15(2)17-8-6-16(7-9-17)14-20(27)25-10-12-26(13-11-25)22-24-21-18(23)4-3-5-19(21)28-22/h3-9,15H,10-14H2,1-2H3. The van der Waals surface area contributed by atoms with Gasteiger partial charge in [-0.05, 0) is 29.2 Å². The van der Waals surface area contributed by atoms with Crippen LogP contribution in [0.2, 0.25) is 0 Å². The molecule has 2 heterocycles. The highest BCUT2D eigenvalue weighted by Crippen LogP contribution is 2.30. The van der Waals surface area contributed by atoms with Crippen molar-refractivity contribution in [3.63, 3.8) is 0 Å². The number of para-hydroxylation sites is 1. The number of anilines is 1. The Morgan fingerprint density at radius 3 is 2.46 bits per heavy atom. The molecule has 1 fully saturated rings. The van der Waals surface area contributed by atoms with E-state index in [9.17, 15) is 9.18 Å². The van der Waals surface area contributed by atoms with Crippen LogP contribution in [0, 0.1) is 5.82 Å². The number of amides is 1. The summed E-state index contributed by atoms with van der Waals surface area (Å²) in [5.74, 6) is 0.374. The minimum Gasteiger partial charge on any atom is -0.345 e. The maximum atomic E-state index is 13.9. The first-order chi connectivity index (χ1) is 13.5. The molecular formula is C22H24FN3OS. The van der Waals surface area contributed by atoms with Crippen LogP contribution in [0.5, 0.6) is 0 Å². The van der Waals surface area contributed by atoms with Gasteiger partial charge < -0.3 is 9.80 Å². The molecule has 0 unspecified atom stereocenters. The predicted molar refractivity (Wildman–Crippen MR) is 113 cm³/mol. The lowest BCUT2D eigenvalue weighted by Gasteiger charge is -2.34. The van der Waals surface area contributed by atoms with Crippen molar-refractivity contribution < 1.29 is 9.18 Å². The van der Waals surface area contributed by atoms with E-state index in [4.69, 9.17) is 0 Å². The SMILES string of the molecule is CC(C)c1ccc(CC(=O)N2CCN(c3nc4c(F)cccc4s3)CC2)cc1. The van der Waals surface area contributed by atoms with E-state index in [0.717, 1.165) is 28.5 Å². The average molecular weight is 398 g/mol. The number of piperazine rings is 1. The van der Waals surface area contributed by atoms with Crippen molar-refractivity contribution >= 4 is 32.6 Å². The van der Waals surface area contributed by atoms with Crippen LogP contribution in [0.1, 0.15) is 30.9 Å². The quantitative estimate of drug-likeness (QED) is 0.653. The van der Waals surface area contributed by atoms with Crippen molar-refractivity contribution in [1.29, 1.82) is 0 Å². The van der Waals surface area contributed by atoms with Crippen LogP contribution in [0.3, 0.4) is 0 Å². The Balaban J connectivity index is 1.36. The maximum absolute atomic E-state index is 13.9. The highest BCUT2D eigenvalue weighted by Gasteiger charge is 2.23. The molecule has 28 heavy (non-hydrogen) atoms. The van der Waals surface area contributed by atoms with E-state index in [0.29, 0.717) is 30.9 Å². The topological polar surface area (TPSA) is 36.4 Å². The number of benzene rings is 2. The third-order valence-corrected chi connectivity index (χ3v) is 6.34. The molecule has 6 heteroatoms. The van der Waals surface area contributed by atoms with Crippen LogP contribution in [-0.2, 0) is 11.2 Å². The number of fused-ring (bicyclic) bond motifs is 1. The predicted octanol–water partition coefficient (Wildman–Crippen LogP) is 4.45. The van der Waals surface area contributed by atoms with Crippen LogP contribution < -0.4 is 4.90 Å². The third-order valence-electron chi connectivity index (χ3n) is 5.26. The van der Waals surface area contributed by atoms with Crippen LogP contribution in [-0.4, -0.2) is 42.0 Å². The molecule has 0 saturated carbocycles. The number of carbonyl (C=O) groups is 1. The van der Waals surface area contributed by atoms with E-state index in [1.165, 1.54) is 23.0 Å². The Bertz CT molecular complexity index is 975. The summed E-state index contributed by atoms with van der Waals surface area (Å²) in [5.41, 5.74) is 2.78. The van der Waals surface area contributed by atoms with E-state index < -0.39 is 0 Å². The van der Waals surface area contributed by atoms with E-state index in [1.807, 2.05) is 11.0 Å². The van der Waals surface area contributed by atoms with Gasteiger partial charge in [0.15, 0.2) is 5.13 Å². The Kier molecular flexibility index (Phi) is 5.31. The number of rotatable bonds is 4. The number of aromatic nitrogens is 1. The zero-order chi connectivity index (χ0) is 19.7. The van der Waals surface area contributed by atoms with Gasteiger partial charge in [-0.1, -0.05) is 55.5 Å². The largest absolute Gasteiger partial charge is 0.345 e. The first-order valence-electron chi connectivity index (χ1n) is 9.68. The summed E-state index contributed by atoms with van der Waals surface area (Å²) in [6, 6.07) is 13.4. The van der Waals surface area contributed by atoms with Gasteiger partial charge in [0, 0.05) is 26.2 Å². The number of hydrogen-bond acceptors (Lipinski definition) is 4. The smallest absolute Gasteiger partial charge is 0.227 e. The summed E-state index contributed by atoms with van der Waals surface area (Å²) in [4.78, 5) is 21.2. The zero-order valence-corrected chi connectivity index (χ0v) is 17.0. The summed E-state index contributed by atoms with van der Waals surface area (Å²) < 4.78 is 14.7. The summed E-state index contributed by atoms with van der Waals surface area (Å²) in [5, 5.41) is 0.830. The van der Waals surface area contributed by atoms with Gasteiger partial charge in [-0.3, -0.25) is 4.79 Å². The normalized spacial score (nSPS) is 14.9. The van der Waals surface area contributed by atoms with Crippen molar-refractivity contribution in [3.8, 4) is 0 Å². The van der Waals surface area contributed by atoms with Gasteiger partial charge >= 0.3 is 0 Å². The van der Waals surface area contributed by atoms with Gasteiger partial charge in [0.1, 0.15) is 11.3 Å². The van der Waals surface area contributed by atoms with E-state index in [1.54, 1.807) is 6.07 Å². The lowest BCUT2D eigenvalue weighted by atomic mass is 10.0. The first-order valence-corrected chi connectivity index (χ1v) is 10.5. The van der Waals surface area contributed by atoms with Crippen molar-refractivity contribution in [2.75, 3.05) is 31.1 Å². The molecule has 0 bridgehead atoms. The fraction of sp³-hybridized carbons (Fsp3) is 0.364. The summed E-state index contributed by atoms with van der Waals surface area (Å²) in [7, 11) is 0. The Morgan fingerprint density at radius 1 is 1.11 bits per heavy atom. The molecule has 1 amide bonds. The second kappa shape index (κ2) is 7.87. The van der Waals surface area contributed by atoms with Gasteiger partial charge in [0.05, 0.1) is 11.1 Å².